The molecule has 120 valence electrons. The van der Waals surface area contributed by atoms with Crippen LogP contribution >= 0.6 is 0 Å². The van der Waals surface area contributed by atoms with Crippen LogP contribution in [0.4, 0.5) is 5.69 Å². The first kappa shape index (κ1) is 16.5. The quantitative estimate of drug-likeness (QED) is 0.742. The summed E-state index contributed by atoms with van der Waals surface area (Å²) in [6.07, 6.45) is 1.79. The van der Waals surface area contributed by atoms with E-state index in [0.717, 1.165) is 35.5 Å². The van der Waals surface area contributed by atoms with Crippen molar-refractivity contribution in [2.24, 2.45) is 11.7 Å². The van der Waals surface area contributed by atoms with Crippen LogP contribution in [0.15, 0.2) is 24.3 Å². The lowest BCUT2D eigenvalue weighted by Gasteiger charge is -2.27. The summed E-state index contributed by atoms with van der Waals surface area (Å²) in [7, 11) is 0. The van der Waals surface area contributed by atoms with Gasteiger partial charge in [-0.2, -0.15) is 0 Å². The van der Waals surface area contributed by atoms with Crippen molar-refractivity contribution in [1.82, 2.24) is 0 Å². The topological polar surface area (TPSA) is 76.6 Å². The van der Waals surface area contributed by atoms with Crippen molar-refractivity contribution >= 4 is 17.5 Å². The van der Waals surface area contributed by atoms with Crippen molar-refractivity contribution < 1.29 is 14.5 Å². The Morgan fingerprint density at radius 3 is 2.77 bits per heavy atom. The third-order valence-corrected chi connectivity index (χ3v) is 4.29. The largest absolute Gasteiger partial charge is 0.369 e. The number of nitrogens with one attached hydrogen (secondary N) is 2. The molecule has 0 saturated carbocycles. The number of likely N-dealkylation sites (tertiary alicyclic amines) is 1. The highest BCUT2D eigenvalue weighted by atomic mass is 16.2. The van der Waals surface area contributed by atoms with Gasteiger partial charge in [-0.25, -0.2) is 0 Å². The standard InChI is InChI=1S/C17H25N3O2/c1-12(2)14-7-3-4-8-15(14)19-16(21)11-20-9-5-6-13(10-20)17(18)22/h3-4,7-8,12-13H,5-6,9-11H2,1-2H3,(H2,18,22)(H,19,21)/p+1/t13-/m1/s1. The van der Waals surface area contributed by atoms with Gasteiger partial charge in [0, 0.05) is 5.69 Å². The highest BCUT2D eigenvalue weighted by Gasteiger charge is 2.28. The molecule has 22 heavy (non-hydrogen) atoms. The Morgan fingerprint density at radius 2 is 2.09 bits per heavy atom. The Bertz CT molecular complexity index is 542. The van der Waals surface area contributed by atoms with Crippen molar-refractivity contribution in [2.45, 2.75) is 32.6 Å². The number of amides is 2. The summed E-state index contributed by atoms with van der Waals surface area (Å²) >= 11 is 0. The fourth-order valence-electron chi connectivity index (χ4n) is 3.09. The molecule has 0 spiro atoms. The molecule has 5 nitrogen and oxygen atoms in total. The molecular weight excluding hydrogens is 278 g/mol. The zero-order valence-electron chi connectivity index (χ0n) is 13.4. The zero-order chi connectivity index (χ0) is 16.1. The van der Waals surface area contributed by atoms with Crippen LogP contribution in [0.5, 0.6) is 0 Å². The van der Waals surface area contributed by atoms with Gasteiger partial charge in [-0.3, -0.25) is 9.59 Å². The number of carbonyl (C=O) groups excluding carboxylic acids is 2. The summed E-state index contributed by atoms with van der Waals surface area (Å²) in [6, 6.07) is 7.89. The van der Waals surface area contributed by atoms with Gasteiger partial charge in [-0.15, -0.1) is 0 Å². The minimum absolute atomic E-state index is 0.00628. The Kier molecular flexibility index (Phi) is 5.55. The average Bonchev–Trinajstić information content (AvgIpc) is 2.47. The molecule has 1 heterocycles. The molecule has 1 aliphatic heterocycles. The zero-order valence-corrected chi connectivity index (χ0v) is 13.4. The van der Waals surface area contributed by atoms with E-state index in [1.807, 2.05) is 24.3 Å². The number of hydrogen-bond acceptors (Lipinski definition) is 2. The van der Waals surface area contributed by atoms with Gasteiger partial charge in [0.1, 0.15) is 0 Å². The molecule has 1 aromatic rings. The third-order valence-electron chi connectivity index (χ3n) is 4.29. The Hall–Kier alpha value is -1.88. The smallest absolute Gasteiger partial charge is 0.279 e. The number of benzene rings is 1. The van der Waals surface area contributed by atoms with E-state index < -0.39 is 0 Å². The Morgan fingerprint density at radius 1 is 1.36 bits per heavy atom. The molecule has 0 radical (unpaired) electrons. The lowest BCUT2D eigenvalue weighted by molar-refractivity contribution is -0.899. The molecule has 1 aliphatic rings. The maximum atomic E-state index is 12.3. The van der Waals surface area contributed by atoms with Crippen LogP contribution in [0.2, 0.25) is 0 Å². The minimum Gasteiger partial charge on any atom is -0.369 e. The number of rotatable bonds is 5. The summed E-state index contributed by atoms with van der Waals surface area (Å²) in [4.78, 5) is 24.7. The van der Waals surface area contributed by atoms with E-state index in [1.165, 1.54) is 0 Å². The monoisotopic (exact) mass is 304 g/mol. The second-order valence-corrected chi connectivity index (χ2v) is 6.41. The number of anilines is 1. The second kappa shape index (κ2) is 7.40. The SMILES string of the molecule is CC(C)c1ccccc1NC(=O)C[NH+]1CCC[C@@H](C(N)=O)C1. The van der Waals surface area contributed by atoms with Crippen molar-refractivity contribution in [3.8, 4) is 0 Å². The molecule has 0 aliphatic carbocycles. The van der Waals surface area contributed by atoms with Gasteiger partial charge in [-0.05, 0) is 30.4 Å². The lowest BCUT2D eigenvalue weighted by Crippen LogP contribution is -3.14. The van der Waals surface area contributed by atoms with Crippen LogP contribution in [0, 0.1) is 5.92 Å². The third kappa shape index (κ3) is 4.31. The number of para-hydroxylation sites is 1. The lowest BCUT2D eigenvalue weighted by atomic mass is 9.97. The van der Waals surface area contributed by atoms with Crippen LogP contribution in [0.3, 0.4) is 0 Å². The molecule has 0 aromatic heterocycles. The summed E-state index contributed by atoms with van der Waals surface area (Å²) in [5.41, 5.74) is 7.40. The second-order valence-electron chi connectivity index (χ2n) is 6.41. The van der Waals surface area contributed by atoms with Gasteiger partial charge >= 0.3 is 0 Å². The van der Waals surface area contributed by atoms with E-state index in [9.17, 15) is 9.59 Å². The number of piperidine rings is 1. The number of carbonyl (C=O) groups is 2. The van der Waals surface area contributed by atoms with Crippen LogP contribution in [0.1, 0.15) is 38.2 Å². The van der Waals surface area contributed by atoms with Gasteiger partial charge in [0.25, 0.3) is 5.91 Å². The van der Waals surface area contributed by atoms with Crippen molar-refractivity contribution in [3.63, 3.8) is 0 Å². The van der Waals surface area contributed by atoms with E-state index in [4.69, 9.17) is 5.73 Å². The first-order valence-electron chi connectivity index (χ1n) is 7.99. The molecule has 1 aromatic carbocycles. The maximum Gasteiger partial charge on any atom is 0.279 e. The van der Waals surface area contributed by atoms with E-state index in [2.05, 4.69) is 19.2 Å². The highest BCUT2D eigenvalue weighted by molar-refractivity contribution is 5.92. The van der Waals surface area contributed by atoms with Crippen LogP contribution in [-0.2, 0) is 9.59 Å². The molecule has 2 amide bonds. The summed E-state index contributed by atoms with van der Waals surface area (Å²) in [5, 5.41) is 3.01. The summed E-state index contributed by atoms with van der Waals surface area (Å²) in [6.45, 7) is 6.19. The first-order chi connectivity index (χ1) is 10.5. The molecule has 1 unspecified atom stereocenters. The molecule has 2 rings (SSSR count). The van der Waals surface area contributed by atoms with Crippen LogP contribution in [-0.4, -0.2) is 31.4 Å². The van der Waals surface area contributed by atoms with Crippen molar-refractivity contribution in [3.05, 3.63) is 29.8 Å². The molecular formula is C17H26N3O2+. The first-order valence-corrected chi connectivity index (χ1v) is 7.99. The Balaban J connectivity index is 1.94. The van der Waals surface area contributed by atoms with Gasteiger partial charge < -0.3 is 16.0 Å². The number of hydrogen-bond donors (Lipinski definition) is 3. The van der Waals surface area contributed by atoms with Crippen LogP contribution in [0.25, 0.3) is 0 Å². The van der Waals surface area contributed by atoms with Crippen molar-refractivity contribution in [2.75, 3.05) is 25.0 Å². The predicted molar refractivity (Wildman–Crippen MR) is 86.6 cm³/mol. The fourth-order valence-corrected chi connectivity index (χ4v) is 3.09. The molecule has 0 bridgehead atoms. The summed E-state index contributed by atoms with van der Waals surface area (Å²) < 4.78 is 0. The average molecular weight is 304 g/mol. The van der Waals surface area contributed by atoms with Gasteiger partial charge in [0.2, 0.25) is 5.91 Å². The van der Waals surface area contributed by atoms with Crippen molar-refractivity contribution in [1.29, 1.82) is 0 Å². The van der Waals surface area contributed by atoms with Gasteiger partial charge in [0.05, 0.1) is 19.0 Å². The molecule has 1 fully saturated rings. The normalized spacial score (nSPS) is 21.6. The fraction of sp³-hybridized carbons (Fsp3) is 0.529. The molecule has 1 saturated heterocycles. The number of primary amides is 1. The maximum absolute atomic E-state index is 12.3. The minimum atomic E-state index is -0.247. The highest BCUT2D eigenvalue weighted by Crippen LogP contribution is 2.23. The van der Waals surface area contributed by atoms with Crippen LogP contribution < -0.4 is 16.0 Å². The van der Waals surface area contributed by atoms with Gasteiger partial charge in [0.15, 0.2) is 6.54 Å². The summed E-state index contributed by atoms with van der Waals surface area (Å²) in [5.74, 6) is 0.00792. The number of nitrogens with two attached hydrogens (primary N) is 1. The number of quaternary nitrogens is 1. The van der Waals surface area contributed by atoms with Gasteiger partial charge in [-0.1, -0.05) is 32.0 Å². The predicted octanol–water partition coefficient (Wildman–Crippen LogP) is 0.529. The van der Waals surface area contributed by atoms with E-state index in [0.29, 0.717) is 19.0 Å². The van der Waals surface area contributed by atoms with E-state index in [1.54, 1.807) is 0 Å². The van der Waals surface area contributed by atoms with E-state index >= 15 is 0 Å². The molecule has 2 atom stereocenters. The van der Waals surface area contributed by atoms with E-state index in [-0.39, 0.29) is 17.7 Å². The molecule has 5 heteroatoms. The molecule has 4 N–H and O–H groups in total. The Labute approximate surface area is 131 Å².